The molecule has 1 aromatic heterocycles. The summed E-state index contributed by atoms with van der Waals surface area (Å²) in [4.78, 5) is 16.4. The van der Waals surface area contributed by atoms with Gasteiger partial charge in [0.2, 0.25) is 0 Å². The molecule has 0 bridgehead atoms. The second-order valence-electron chi connectivity index (χ2n) is 5.39. The summed E-state index contributed by atoms with van der Waals surface area (Å²) >= 11 is 7.26. The molecule has 1 atom stereocenters. The Hall–Kier alpha value is -1.48. The average Bonchev–Trinajstić information content (AvgIpc) is 3.17. The van der Waals surface area contributed by atoms with E-state index < -0.39 is 15.9 Å². The number of hydrogen-bond donors (Lipinski definition) is 1. The summed E-state index contributed by atoms with van der Waals surface area (Å²) in [6.07, 6.45) is 1.69. The third kappa shape index (κ3) is 3.46. The molecule has 2 heterocycles. The van der Waals surface area contributed by atoms with Crippen LogP contribution in [0.4, 0.5) is 0 Å². The van der Waals surface area contributed by atoms with Crippen LogP contribution in [-0.4, -0.2) is 25.9 Å². The zero-order valence-electron chi connectivity index (χ0n) is 12.8. The SMILES string of the molecule is Cc1cccc(Cl)c1S(=O)(=O)NC(=O)c1csc([C@H]2CCCO2)n1. The van der Waals surface area contributed by atoms with Gasteiger partial charge in [-0.1, -0.05) is 23.7 Å². The summed E-state index contributed by atoms with van der Waals surface area (Å²) < 4.78 is 32.5. The van der Waals surface area contributed by atoms with Gasteiger partial charge in [0.1, 0.15) is 21.7 Å². The maximum absolute atomic E-state index is 12.5. The van der Waals surface area contributed by atoms with Gasteiger partial charge in [0.05, 0.1) is 5.02 Å². The summed E-state index contributed by atoms with van der Waals surface area (Å²) in [5.41, 5.74) is 0.514. The van der Waals surface area contributed by atoms with Crippen molar-refractivity contribution in [3.8, 4) is 0 Å². The fourth-order valence-electron chi connectivity index (χ4n) is 2.49. The van der Waals surface area contributed by atoms with Gasteiger partial charge in [-0.2, -0.15) is 0 Å². The fraction of sp³-hybridized carbons (Fsp3) is 0.333. The molecule has 0 radical (unpaired) electrons. The molecule has 6 nitrogen and oxygen atoms in total. The molecular formula is C15H15ClN2O4S2. The highest BCUT2D eigenvalue weighted by molar-refractivity contribution is 7.90. The fourth-order valence-corrected chi connectivity index (χ4v) is 5.17. The molecule has 1 aliphatic rings. The minimum atomic E-state index is -4.08. The summed E-state index contributed by atoms with van der Waals surface area (Å²) in [6.45, 7) is 2.29. The number of rotatable bonds is 4. The van der Waals surface area contributed by atoms with Crippen molar-refractivity contribution in [1.29, 1.82) is 0 Å². The van der Waals surface area contributed by atoms with Crippen molar-refractivity contribution < 1.29 is 17.9 Å². The quantitative estimate of drug-likeness (QED) is 0.872. The molecule has 1 aliphatic heterocycles. The van der Waals surface area contributed by atoms with E-state index >= 15 is 0 Å². The Kier molecular flexibility index (Phi) is 4.91. The molecule has 24 heavy (non-hydrogen) atoms. The van der Waals surface area contributed by atoms with Crippen molar-refractivity contribution >= 4 is 38.9 Å². The Morgan fingerprint density at radius 1 is 1.46 bits per heavy atom. The molecule has 1 N–H and O–H groups in total. The lowest BCUT2D eigenvalue weighted by molar-refractivity contribution is 0.0973. The Bertz CT molecular complexity index is 853. The van der Waals surface area contributed by atoms with Gasteiger partial charge in [0.15, 0.2) is 0 Å². The number of halogens is 1. The van der Waals surface area contributed by atoms with Crippen LogP contribution in [-0.2, 0) is 14.8 Å². The van der Waals surface area contributed by atoms with Crippen LogP contribution in [0, 0.1) is 6.92 Å². The van der Waals surface area contributed by atoms with Gasteiger partial charge in [0, 0.05) is 12.0 Å². The second kappa shape index (κ2) is 6.79. The molecule has 0 aliphatic carbocycles. The number of aromatic nitrogens is 1. The number of benzene rings is 1. The largest absolute Gasteiger partial charge is 0.371 e. The van der Waals surface area contributed by atoms with Gasteiger partial charge in [-0.3, -0.25) is 4.79 Å². The van der Waals surface area contributed by atoms with Crippen LogP contribution >= 0.6 is 22.9 Å². The van der Waals surface area contributed by atoms with Crippen LogP contribution in [0.25, 0.3) is 0 Å². The first-order valence-corrected chi connectivity index (χ1v) is 10.0. The number of aryl methyl sites for hydroxylation is 1. The van der Waals surface area contributed by atoms with Crippen LogP contribution in [0.1, 0.15) is 40.0 Å². The van der Waals surface area contributed by atoms with E-state index in [0.717, 1.165) is 12.8 Å². The first-order chi connectivity index (χ1) is 11.4. The number of thiazole rings is 1. The molecule has 0 saturated carbocycles. The van der Waals surface area contributed by atoms with Crippen molar-refractivity contribution in [2.45, 2.75) is 30.8 Å². The minimum Gasteiger partial charge on any atom is -0.371 e. The Balaban J connectivity index is 1.81. The summed E-state index contributed by atoms with van der Waals surface area (Å²) in [5.74, 6) is -0.783. The summed E-state index contributed by atoms with van der Waals surface area (Å²) in [6, 6.07) is 4.72. The van der Waals surface area contributed by atoms with Crippen molar-refractivity contribution in [3.63, 3.8) is 0 Å². The molecule has 1 amide bonds. The average molecular weight is 387 g/mol. The van der Waals surface area contributed by atoms with E-state index in [4.69, 9.17) is 16.3 Å². The molecule has 2 aromatic rings. The highest BCUT2D eigenvalue weighted by Crippen LogP contribution is 2.31. The van der Waals surface area contributed by atoms with Gasteiger partial charge in [-0.05, 0) is 31.4 Å². The monoisotopic (exact) mass is 386 g/mol. The van der Waals surface area contributed by atoms with Crippen LogP contribution in [0.15, 0.2) is 28.5 Å². The van der Waals surface area contributed by atoms with E-state index in [1.165, 1.54) is 22.8 Å². The van der Waals surface area contributed by atoms with Gasteiger partial charge in [-0.15, -0.1) is 11.3 Å². The van der Waals surface area contributed by atoms with Gasteiger partial charge >= 0.3 is 0 Å². The molecule has 1 aromatic carbocycles. The van der Waals surface area contributed by atoms with E-state index in [2.05, 4.69) is 4.98 Å². The van der Waals surface area contributed by atoms with Crippen molar-refractivity contribution in [1.82, 2.24) is 9.71 Å². The third-order valence-electron chi connectivity index (χ3n) is 3.62. The smallest absolute Gasteiger partial charge is 0.284 e. The molecule has 0 unspecified atom stereocenters. The number of amides is 1. The molecule has 9 heteroatoms. The number of nitrogens with one attached hydrogen (secondary N) is 1. The lowest BCUT2D eigenvalue weighted by Crippen LogP contribution is -2.31. The van der Waals surface area contributed by atoms with Crippen molar-refractivity contribution in [3.05, 3.63) is 44.9 Å². The maximum Gasteiger partial charge on any atom is 0.284 e. The number of carbonyl (C=O) groups excluding carboxylic acids is 1. The van der Waals surface area contributed by atoms with E-state index in [1.807, 2.05) is 4.72 Å². The lowest BCUT2D eigenvalue weighted by Gasteiger charge is -2.10. The van der Waals surface area contributed by atoms with E-state index in [0.29, 0.717) is 17.2 Å². The van der Waals surface area contributed by atoms with Crippen LogP contribution in [0.2, 0.25) is 5.02 Å². The zero-order valence-corrected chi connectivity index (χ0v) is 15.2. The Morgan fingerprint density at radius 2 is 2.25 bits per heavy atom. The minimum absolute atomic E-state index is 0.0544. The number of hydrogen-bond acceptors (Lipinski definition) is 6. The van der Waals surface area contributed by atoms with E-state index in [9.17, 15) is 13.2 Å². The molecule has 1 saturated heterocycles. The lowest BCUT2D eigenvalue weighted by atomic mass is 10.2. The predicted octanol–water partition coefficient (Wildman–Crippen LogP) is 3.08. The van der Waals surface area contributed by atoms with E-state index in [-0.39, 0.29) is 21.7 Å². The van der Waals surface area contributed by atoms with Gasteiger partial charge in [-0.25, -0.2) is 18.1 Å². The topological polar surface area (TPSA) is 85.4 Å². The van der Waals surface area contributed by atoms with Crippen LogP contribution in [0.5, 0.6) is 0 Å². The number of nitrogens with zero attached hydrogens (tertiary/aromatic N) is 1. The predicted molar refractivity (Wildman–Crippen MR) is 90.9 cm³/mol. The first-order valence-electron chi connectivity index (χ1n) is 7.28. The van der Waals surface area contributed by atoms with Crippen LogP contribution in [0.3, 0.4) is 0 Å². The summed E-state index contributed by atoms with van der Waals surface area (Å²) in [5, 5.41) is 2.28. The maximum atomic E-state index is 12.5. The molecule has 128 valence electrons. The van der Waals surface area contributed by atoms with Gasteiger partial charge in [0.25, 0.3) is 15.9 Å². The second-order valence-corrected chi connectivity index (χ2v) is 8.31. The Labute approximate surface area is 148 Å². The first kappa shape index (κ1) is 17.3. The highest BCUT2D eigenvalue weighted by atomic mass is 35.5. The van der Waals surface area contributed by atoms with Crippen LogP contribution < -0.4 is 4.72 Å². The number of ether oxygens (including phenoxy) is 1. The number of sulfonamides is 1. The molecule has 0 spiro atoms. The standard InChI is InChI=1S/C15H15ClN2O4S2/c1-9-4-2-5-10(16)13(9)24(20,21)18-14(19)11-8-23-15(17-11)12-6-3-7-22-12/h2,4-5,8,12H,3,6-7H2,1H3,(H,18,19)/t12-/m1/s1. The van der Waals surface area contributed by atoms with E-state index in [1.54, 1.807) is 19.1 Å². The van der Waals surface area contributed by atoms with Gasteiger partial charge < -0.3 is 4.74 Å². The molecular weight excluding hydrogens is 372 g/mol. The van der Waals surface area contributed by atoms with Crippen molar-refractivity contribution in [2.24, 2.45) is 0 Å². The summed E-state index contributed by atoms with van der Waals surface area (Å²) in [7, 11) is -4.08. The highest BCUT2D eigenvalue weighted by Gasteiger charge is 2.26. The zero-order chi connectivity index (χ0) is 17.3. The molecule has 1 fully saturated rings. The number of carbonyl (C=O) groups is 1. The van der Waals surface area contributed by atoms with Crippen molar-refractivity contribution in [2.75, 3.05) is 6.61 Å². The third-order valence-corrected chi connectivity index (χ3v) is 6.52. The Morgan fingerprint density at radius 3 is 2.92 bits per heavy atom. The molecule has 3 rings (SSSR count). The normalized spacial score (nSPS) is 17.8.